The summed E-state index contributed by atoms with van der Waals surface area (Å²) in [6.45, 7) is 4.57. The van der Waals surface area contributed by atoms with Crippen molar-refractivity contribution in [2.75, 3.05) is 0 Å². The molecule has 0 heterocycles. The molecule has 0 amide bonds. The van der Waals surface area contributed by atoms with Gasteiger partial charge in [-0.25, -0.2) is 0 Å². The molecule has 1 heteroatoms. The van der Waals surface area contributed by atoms with Gasteiger partial charge in [0.1, 0.15) is 0 Å². The quantitative estimate of drug-likeness (QED) is 0.322. The van der Waals surface area contributed by atoms with Gasteiger partial charge in [-0.15, -0.1) is 0 Å². The molecule has 0 aliphatic carbocycles. The minimum atomic E-state index is -2.21. The minimum absolute atomic E-state index is 0.683. The predicted octanol–water partition coefficient (Wildman–Crippen LogP) is 6.11. The zero-order chi connectivity index (χ0) is 20.8. The third-order valence-electron chi connectivity index (χ3n) is 5.94. The predicted molar refractivity (Wildman–Crippen MR) is 135 cm³/mol. The van der Waals surface area contributed by atoms with Crippen LogP contribution in [0.15, 0.2) is 115 Å². The van der Waals surface area contributed by atoms with Crippen LogP contribution in [0.4, 0.5) is 0 Å². The number of hydrogen-bond donors (Lipinski definition) is 0. The molecule has 4 aromatic rings. The van der Waals surface area contributed by atoms with Crippen LogP contribution in [0.2, 0.25) is 0 Å². The van der Waals surface area contributed by atoms with E-state index in [-0.39, 0.29) is 0 Å². The van der Waals surface area contributed by atoms with E-state index in [2.05, 4.69) is 129 Å². The Morgan fingerprint density at radius 1 is 0.500 bits per heavy atom. The molecule has 4 aromatic carbocycles. The van der Waals surface area contributed by atoms with E-state index in [0.29, 0.717) is 5.92 Å². The van der Waals surface area contributed by atoms with Crippen molar-refractivity contribution in [2.24, 2.45) is 5.92 Å². The van der Waals surface area contributed by atoms with Gasteiger partial charge >= 0.3 is 182 Å². The second kappa shape index (κ2) is 9.41. The molecule has 0 nitrogen and oxygen atoms in total. The van der Waals surface area contributed by atoms with E-state index in [0.717, 1.165) is 12.6 Å². The first-order chi connectivity index (χ1) is 14.7. The zero-order valence-corrected chi connectivity index (χ0v) is 19.0. The molecule has 0 unspecified atom stereocenters. The van der Waals surface area contributed by atoms with Gasteiger partial charge in [0.05, 0.1) is 0 Å². The summed E-state index contributed by atoms with van der Waals surface area (Å²) >= 11 is 0. The van der Waals surface area contributed by atoms with Crippen LogP contribution in [0.3, 0.4) is 0 Å². The molecule has 0 fully saturated rings. The number of benzene rings is 4. The first kappa shape index (κ1) is 20.6. The van der Waals surface area contributed by atoms with E-state index >= 15 is 0 Å². The van der Waals surface area contributed by atoms with E-state index in [1.54, 1.807) is 0 Å². The van der Waals surface area contributed by atoms with Gasteiger partial charge in [-0.3, -0.25) is 0 Å². The molecular weight excluding hydrogens is 379 g/mol. The third kappa shape index (κ3) is 4.40. The summed E-state index contributed by atoms with van der Waals surface area (Å²) < 4.78 is 0. The van der Waals surface area contributed by atoms with Crippen molar-refractivity contribution in [1.82, 2.24) is 0 Å². The Balaban J connectivity index is 1.87. The molecule has 4 rings (SSSR count). The second-order valence-electron chi connectivity index (χ2n) is 8.59. The van der Waals surface area contributed by atoms with E-state index in [9.17, 15) is 0 Å². The molecule has 0 aliphatic rings. The van der Waals surface area contributed by atoms with Crippen LogP contribution in [0, 0.1) is 5.92 Å². The van der Waals surface area contributed by atoms with Gasteiger partial charge in [-0.1, -0.05) is 0 Å². The van der Waals surface area contributed by atoms with Crippen LogP contribution < -0.4 is 15.9 Å². The summed E-state index contributed by atoms with van der Waals surface area (Å²) in [4.78, 5) is 0. The van der Waals surface area contributed by atoms with Crippen molar-refractivity contribution in [3.8, 4) is 0 Å². The molecule has 30 heavy (non-hydrogen) atoms. The summed E-state index contributed by atoms with van der Waals surface area (Å²) in [5.74, 6) is 0.683. The first-order valence-corrected chi connectivity index (χ1v) is 13.1. The average molecular weight is 411 g/mol. The van der Waals surface area contributed by atoms with Crippen LogP contribution in [0.1, 0.15) is 25.0 Å². The van der Waals surface area contributed by atoms with Crippen LogP contribution in [0.25, 0.3) is 0 Å². The molecule has 0 spiro atoms. The van der Waals surface area contributed by atoms with Gasteiger partial charge in [0.2, 0.25) is 0 Å². The molecule has 0 aliphatic heterocycles. The summed E-state index contributed by atoms with van der Waals surface area (Å²) in [6, 6.07) is 42.9. The van der Waals surface area contributed by atoms with Gasteiger partial charge < -0.3 is 0 Å². The van der Waals surface area contributed by atoms with Crippen molar-refractivity contribution in [1.29, 1.82) is 0 Å². The molecule has 0 N–H and O–H groups in total. The summed E-state index contributed by atoms with van der Waals surface area (Å²) in [5, 5.41) is 4.40. The fraction of sp³-hybridized carbons (Fsp3) is 0.172. The summed E-state index contributed by atoms with van der Waals surface area (Å²) in [7, 11) is -2.21. The third-order valence-corrected chi connectivity index (χ3v) is 10.8. The van der Waals surface area contributed by atoms with Crippen molar-refractivity contribution >= 4 is 23.2 Å². The Kier molecular flexibility index (Phi) is 6.46. The van der Waals surface area contributed by atoms with E-state index < -0.39 is 7.26 Å². The molecule has 152 valence electrons. The Labute approximate surface area is 182 Å². The normalized spacial score (nSPS) is 12.1. The topological polar surface area (TPSA) is 0 Å². The van der Waals surface area contributed by atoms with Crippen LogP contribution in [-0.4, -0.2) is 0 Å². The Bertz CT molecular complexity index is 939. The first-order valence-electron chi connectivity index (χ1n) is 10.9. The molecule has 0 radical (unpaired) electrons. The summed E-state index contributed by atoms with van der Waals surface area (Å²) in [6.07, 6.45) is 2.20. The fourth-order valence-corrected chi connectivity index (χ4v) is 9.29. The number of rotatable bonds is 7. The van der Waals surface area contributed by atoms with Gasteiger partial charge in [-0.05, 0) is 0 Å². The van der Waals surface area contributed by atoms with E-state index in [1.165, 1.54) is 27.0 Å². The van der Waals surface area contributed by atoms with Crippen LogP contribution >= 0.6 is 7.26 Å². The fourth-order valence-electron chi connectivity index (χ4n) is 4.54. The van der Waals surface area contributed by atoms with Gasteiger partial charge in [0.15, 0.2) is 0 Å². The van der Waals surface area contributed by atoms with Gasteiger partial charge in [-0.2, -0.15) is 0 Å². The monoisotopic (exact) mass is 410 g/mol. The molecule has 0 bridgehead atoms. The van der Waals surface area contributed by atoms with Gasteiger partial charge in [0, 0.05) is 0 Å². The van der Waals surface area contributed by atoms with E-state index in [1.807, 2.05) is 0 Å². The van der Waals surface area contributed by atoms with Crippen molar-refractivity contribution in [2.45, 2.75) is 26.4 Å². The Hall–Kier alpha value is -2.69. The van der Waals surface area contributed by atoms with Gasteiger partial charge in [0.25, 0.3) is 0 Å². The van der Waals surface area contributed by atoms with E-state index in [4.69, 9.17) is 0 Å². The number of hydrogen-bond acceptors (Lipinski definition) is 0. The maximum absolute atomic E-state index is 2.36. The summed E-state index contributed by atoms with van der Waals surface area (Å²) in [5.41, 5.74) is 2.85. The molecule has 0 saturated heterocycles. The SMILES string of the molecule is CC(C)Cc1ccc(C[PH](c2ccccc2)(c2ccccc2)c2ccccc2)cc1. The molecule has 0 atom stereocenters. The van der Waals surface area contributed by atoms with Crippen molar-refractivity contribution in [3.05, 3.63) is 126 Å². The average Bonchev–Trinajstić information content (AvgIpc) is 2.80. The van der Waals surface area contributed by atoms with Crippen LogP contribution in [-0.2, 0) is 12.6 Å². The van der Waals surface area contributed by atoms with Crippen molar-refractivity contribution < 1.29 is 0 Å². The Morgan fingerprint density at radius 2 is 0.867 bits per heavy atom. The Morgan fingerprint density at radius 3 is 1.23 bits per heavy atom. The van der Waals surface area contributed by atoms with Crippen LogP contribution in [0.5, 0.6) is 0 Å². The molecule has 0 aromatic heterocycles. The second-order valence-corrected chi connectivity index (χ2v) is 12.5. The maximum atomic E-state index is 2.36. The molecular formula is C29H31P. The standard InChI is InChI=1S/C29H31P/c1-24(2)22-25-18-20-26(21-19-25)23-30(27-12-6-3-7-13-27,28-14-8-4-9-15-28)29-16-10-5-11-17-29/h3-21,24,30H,22-23H2,1-2H3. The zero-order valence-electron chi connectivity index (χ0n) is 18.0. The molecule has 0 saturated carbocycles. The van der Waals surface area contributed by atoms with Crippen molar-refractivity contribution in [3.63, 3.8) is 0 Å².